The van der Waals surface area contributed by atoms with E-state index in [0.29, 0.717) is 31.0 Å². The highest BCUT2D eigenvalue weighted by molar-refractivity contribution is 5.98. The van der Waals surface area contributed by atoms with Gasteiger partial charge in [-0.3, -0.25) is 14.3 Å². The number of nitrogens with zero attached hydrogens (tertiary/aromatic N) is 3. The number of aromatic nitrogens is 2. The second kappa shape index (κ2) is 4.92. The highest BCUT2D eigenvalue weighted by Crippen LogP contribution is 2.16. The normalized spacial score (nSPS) is 14.2. The summed E-state index contributed by atoms with van der Waals surface area (Å²) in [4.78, 5) is 25.5. The third-order valence-corrected chi connectivity index (χ3v) is 3.44. The van der Waals surface area contributed by atoms with Gasteiger partial charge < -0.3 is 4.90 Å². The maximum Gasteiger partial charge on any atom is 0.272 e. The van der Waals surface area contributed by atoms with Crippen LogP contribution in [0.1, 0.15) is 33.5 Å². The van der Waals surface area contributed by atoms with Crippen LogP contribution in [0.3, 0.4) is 0 Å². The quantitative estimate of drug-likeness (QED) is 0.797. The molecule has 1 aromatic carbocycles. The SMILES string of the molecule is CC(=O)c1cc2n(n1)CCN(Cc1ccccc1)C2=O. The van der Waals surface area contributed by atoms with E-state index in [1.807, 2.05) is 30.3 Å². The predicted octanol–water partition coefficient (Wildman–Crippen LogP) is 1.74. The Hall–Kier alpha value is -2.43. The lowest BCUT2D eigenvalue weighted by Crippen LogP contribution is -2.39. The molecule has 5 nitrogen and oxygen atoms in total. The summed E-state index contributed by atoms with van der Waals surface area (Å²) < 4.78 is 1.63. The van der Waals surface area contributed by atoms with E-state index in [1.54, 1.807) is 15.6 Å². The fourth-order valence-corrected chi connectivity index (χ4v) is 2.37. The second-order valence-corrected chi connectivity index (χ2v) is 4.91. The van der Waals surface area contributed by atoms with Crippen molar-refractivity contribution in [2.45, 2.75) is 20.0 Å². The fraction of sp³-hybridized carbons (Fsp3) is 0.267. The molecular weight excluding hydrogens is 254 g/mol. The Bertz CT molecular complexity index is 661. The van der Waals surface area contributed by atoms with E-state index in [2.05, 4.69) is 5.10 Å². The average molecular weight is 269 g/mol. The topological polar surface area (TPSA) is 55.2 Å². The van der Waals surface area contributed by atoms with Gasteiger partial charge in [-0.2, -0.15) is 5.10 Å². The van der Waals surface area contributed by atoms with Gasteiger partial charge in [0.25, 0.3) is 5.91 Å². The number of amides is 1. The van der Waals surface area contributed by atoms with E-state index in [9.17, 15) is 9.59 Å². The number of hydrogen-bond donors (Lipinski definition) is 0. The summed E-state index contributed by atoms with van der Waals surface area (Å²) in [7, 11) is 0. The Labute approximate surface area is 116 Å². The van der Waals surface area contributed by atoms with Gasteiger partial charge in [0.2, 0.25) is 0 Å². The molecule has 2 aromatic rings. The molecule has 1 aromatic heterocycles. The molecule has 0 unspecified atom stereocenters. The molecule has 0 N–H and O–H groups in total. The van der Waals surface area contributed by atoms with Crippen LogP contribution in [0.25, 0.3) is 0 Å². The van der Waals surface area contributed by atoms with Crippen molar-refractivity contribution in [2.24, 2.45) is 0 Å². The van der Waals surface area contributed by atoms with Crippen LogP contribution in [0.5, 0.6) is 0 Å². The summed E-state index contributed by atoms with van der Waals surface area (Å²) in [5, 5.41) is 4.16. The van der Waals surface area contributed by atoms with Crippen LogP contribution in [0, 0.1) is 0 Å². The largest absolute Gasteiger partial charge is 0.331 e. The number of fused-ring (bicyclic) bond motifs is 1. The van der Waals surface area contributed by atoms with Gasteiger partial charge >= 0.3 is 0 Å². The van der Waals surface area contributed by atoms with Crippen molar-refractivity contribution in [2.75, 3.05) is 6.54 Å². The molecule has 0 aliphatic carbocycles. The van der Waals surface area contributed by atoms with Gasteiger partial charge in [0, 0.05) is 26.1 Å². The molecule has 0 fully saturated rings. The molecule has 3 rings (SSSR count). The van der Waals surface area contributed by atoms with Gasteiger partial charge in [-0.15, -0.1) is 0 Å². The van der Waals surface area contributed by atoms with Gasteiger partial charge in [0.05, 0.1) is 6.54 Å². The minimum absolute atomic E-state index is 0.0693. The van der Waals surface area contributed by atoms with Crippen LogP contribution in [0.15, 0.2) is 36.4 Å². The molecule has 1 aliphatic heterocycles. The number of rotatable bonds is 3. The molecule has 102 valence electrons. The van der Waals surface area contributed by atoms with E-state index >= 15 is 0 Å². The molecule has 2 heterocycles. The van der Waals surface area contributed by atoms with Gasteiger partial charge in [0.1, 0.15) is 11.4 Å². The molecule has 5 heteroatoms. The van der Waals surface area contributed by atoms with Crippen LogP contribution in [-0.4, -0.2) is 32.9 Å². The number of benzene rings is 1. The van der Waals surface area contributed by atoms with Crippen molar-refractivity contribution in [3.8, 4) is 0 Å². The lowest BCUT2D eigenvalue weighted by atomic mass is 10.2. The van der Waals surface area contributed by atoms with Crippen LogP contribution in [-0.2, 0) is 13.1 Å². The van der Waals surface area contributed by atoms with Gasteiger partial charge in [-0.1, -0.05) is 30.3 Å². The fourth-order valence-electron chi connectivity index (χ4n) is 2.37. The summed E-state index contributed by atoms with van der Waals surface area (Å²) in [5.74, 6) is -0.186. The Morgan fingerprint density at radius 2 is 2.00 bits per heavy atom. The maximum atomic E-state index is 12.4. The summed E-state index contributed by atoms with van der Waals surface area (Å²) in [6.07, 6.45) is 0. The maximum absolute atomic E-state index is 12.4. The van der Waals surface area contributed by atoms with Crippen LogP contribution < -0.4 is 0 Å². The van der Waals surface area contributed by atoms with Crippen molar-refractivity contribution in [1.82, 2.24) is 14.7 Å². The molecular formula is C15H15N3O2. The molecule has 0 saturated heterocycles. The first-order valence-corrected chi connectivity index (χ1v) is 6.57. The first kappa shape index (κ1) is 12.6. The number of ketones is 1. The van der Waals surface area contributed by atoms with E-state index in [0.717, 1.165) is 5.56 Å². The first-order valence-electron chi connectivity index (χ1n) is 6.57. The van der Waals surface area contributed by atoms with Crippen molar-refractivity contribution >= 4 is 11.7 Å². The highest BCUT2D eigenvalue weighted by Gasteiger charge is 2.27. The number of carbonyl (C=O) groups excluding carboxylic acids is 2. The van der Waals surface area contributed by atoms with Crippen LogP contribution >= 0.6 is 0 Å². The molecule has 0 atom stereocenters. The Morgan fingerprint density at radius 1 is 1.25 bits per heavy atom. The minimum atomic E-state index is -0.116. The molecule has 0 saturated carbocycles. The number of hydrogen-bond acceptors (Lipinski definition) is 3. The van der Waals surface area contributed by atoms with Crippen LogP contribution in [0.2, 0.25) is 0 Å². The van der Waals surface area contributed by atoms with E-state index in [-0.39, 0.29) is 11.7 Å². The lowest BCUT2D eigenvalue weighted by Gasteiger charge is -2.27. The minimum Gasteiger partial charge on any atom is -0.331 e. The molecule has 0 bridgehead atoms. The predicted molar refractivity (Wildman–Crippen MR) is 73.4 cm³/mol. The van der Waals surface area contributed by atoms with Crippen molar-refractivity contribution in [3.05, 3.63) is 53.3 Å². The Kier molecular flexibility index (Phi) is 3.10. The summed E-state index contributed by atoms with van der Waals surface area (Å²) in [6.45, 7) is 3.28. The zero-order valence-corrected chi connectivity index (χ0v) is 11.2. The molecule has 0 spiro atoms. The molecule has 20 heavy (non-hydrogen) atoms. The summed E-state index contributed by atoms with van der Waals surface area (Å²) >= 11 is 0. The van der Waals surface area contributed by atoms with E-state index < -0.39 is 0 Å². The molecule has 0 radical (unpaired) electrons. The summed E-state index contributed by atoms with van der Waals surface area (Å²) in [6, 6.07) is 11.5. The third kappa shape index (κ3) is 2.22. The van der Waals surface area contributed by atoms with Crippen molar-refractivity contribution < 1.29 is 9.59 Å². The monoisotopic (exact) mass is 269 g/mol. The van der Waals surface area contributed by atoms with Crippen molar-refractivity contribution in [1.29, 1.82) is 0 Å². The Morgan fingerprint density at radius 3 is 2.70 bits per heavy atom. The van der Waals surface area contributed by atoms with E-state index in [4.69, 9.17) is 0 Å². The zero-order valence-electron chi connectivity index (χ0n) is 11.2. The van der Waals surface area contributed by atoms with Gasteiger partial charge in [0.15, 0.2) is 5.78 Å². The standard InChI is InChI=1S/C15H15N3O2/c1-11(19)13-9-14-15(20)17(7-8-18(14)16-13)10-12-5-3-2-4-6-12/h2-6,9H,7-8,10H2,1H3. The number of carbonyl (C=O) groups is 2. The van der Waals surface area contributed by atoms with Crippen LogP contribution in [0.4, 0.5) is 0 Å². The highest BCUT2D eigenvalue weighted by atomic mass is 16.2. The van der Waals surface area contributed by atoms with E-state index in [1.165, 1.54) is 6.92 Å². The lowest BCUT2D eigenvalue weighted by molar-refractivity contribution is 0.0683. The smallest absolute Gasteiger partial charge is 0.272 e. The molecule has 1 aliphatic rings. The Balaban J connectivity index is 1.84. The first-order chi connectivity index (χ1) is 9.65. The molecule has 1 amide bonds. The van der Waals surface area contributed by atoms with Gasteiger partial charge in [-0.05, 0) is 5.56 Å². The zero-order chi connectivity index (χ0) is 14.1. The second-order valence-electron chi connectivity index (χ2n) is 4.91. The van der Waals surface area contributed by atoms with Crippen molar-refractivity contribution in [3.63, 3.8) is 0 Å². The average Bonchev–Trinajstić information content (AvgIpc) is 2.88. The number of Topliss-reactive ketones (excluding diaryl/α,β-unsaturated/α-hetero) is 1. The third-order valence-electron chi connectivity index (χ3n) is 3.44. The summed E-state index contributed by atoms with van der Waals surface area (Å²) in [5.41, 5.74) is 1.95. The van der Waals surface area contributed by atoms with Gasteiger partial charge in [-0.25, -0.2) is 0 Å².